The van der Waals surface area contributed by atoms with Crippen LogP contribution in [0.25, 0.3) is 33.6 Å². The molecule has 5 rings (SSSR count). The van der Waals surface area contributed by atoms with Crippen LogP contribution in [0.2, 0.25) is 0 Å². The van der Waals surface area contributed by atoms with Gasteiger partial charge in [0.15, 0.2) is 0 Å². The second kappa shape index (κ2) is 13.0. The van der Waals surface area contributed by atoms with Gasteiger partial charge < -0.3 is 9.97 Å². The van der Waals surface area contributed by atoms with E-state index in [9.17, 15) is 17.6 Å². The van der Waals surface area contributed by atoms with Crippen LogP contribution in [0, 0.1) is 12.1 Å². The normalized spacial score (nSPS) is 10.6. The molecule has 0 atom stereocenters. The first kappa shape index (κ1) is 27.9. The second-order valence-corrected chi connectivity index (χ2v) is 7.72. The predicted octanol–water partition coefficient (Wildman–Crippen LogP) is 8.25. The minimum absolute atomic E-state index is 0. The fraction of sp³-hybridized carbons (Fsp3) is 0.0667. The van der Waals surface area contributed by atoms with Gasteiger partial charge in [-0.3, -0.25) is 4.39 Å². The van der Waals surface area contributed by atoms with E-state index in [4.69, 9.17) is 0 Å². The number of pyridine rings is 2. The molecule has 2 aromatic heterocycles. The molecular formula is C30H20F4IrN2-2. The van der Waals surface area contributed by atoms with Gasteiger partial charge in [-0.15, -0.1) is 59.7 Å². The van der Waals surface area contributed by atoms with Gasteiger partial charge in [0.25, 0.3) is 0 Å². The summed E-state index contributed by atoms with van der Waals surface area (Å²) in [5, 5.41) is 0. The maximum Gasteiger partial charge on any atom is 0.381 e. The van der Waals surface area contributed by atoms with E-state index in [1.165, 1.54) is 23.9 Å². The summed E-state index contributed by atoms with van der Waals surface area (Å²) in [7, 11) is 0. The molecule has 0 bridgehead atoms. The van der Waals surface area contributed by atoms with Crippen LogP contribution in [-0.4, -0.2) is 9.97 Å². The SMILES string of the molecule is FCc1c[c-]c(-c2ccccn2)c(C(F)(F)F)c1.[Ir].[c-]1ccccc1-c1ccc(-c2ccccc2)cn1. The maximum atomic E-state index is 12.9. The summed E-state index contributed by atoms with van der Waals surface area (Å²) in [5.74, 6) is 0. The molecule has 3 aromatic carbocycles. The van der Waals surface area contributed by atoms with E-state index < -0.39 is 18.4 Å². The summed E-state index contributed by atoms with van der Waals surface area (Å²) in [4.78, 5) is 8.35. The number of hydrogen-bond donors (Lipinski definition) is 0. The van der Waals surface area contributed by atoms with Gasteiger partial charge in [-0.1, -0.05) is 60.2 Å². The Morgan fingerprint density at radius 3 is 2.08 bits per heavy atom. The summed E-state index contributed by atoms with van der Waals surface area (Å²) < 4.78 is 51.1. The van der Waals surface area contributed by atoms with Crippen molar-refractivity contribution in [3.8, 4) is 33.6 Å². The summed E-state index contributed by atoms with van der Waals surface area (Å²) in [6.45, 7) is -0.956. The number of aromatic nitrogens is 2. The van der Waals surface area contributed by atoms with E-state index in [2.05, 4.69) is 40.3 Å². The molecule has 2 nitrogen and oxygen atoms in total. The number of benzene rings is 3. The zero-order valence-corrected chi connectivity index (χ0v) is 21.7. The zero-order valence-electron chi connectivity index (χ0n) is 19.3. The van der Waals surface area contributed by atoms with E-state index in [0.29, 0.717) is 0 Å². The number of rotatable bonds is 4. The van der Waals surface area contributed by atoms with Crippen molar-refractivity contribution < 1.29 is 37.7 Å². The summed E-state index contributed by atoms with van der Waals surface area (Å²) in [6.07, 6.45) is -1.26. The summed E-state index contributed by atoms with van der Waals surface area (Å²) in [6, 6.07) is 34.6. The standard InChI is InChI=1S/C17H12N.C13H8F4N.Ir/c1-3-7-14(8-4-1)16-11-12-17(18-13-16)15-9-5-2-6-10-15;14-8-9-4-5-10(11(7-9)13(15,16)17)12-3-1-2-6-18-12;/h1-9,11-13H;1-4,6-7H,8H2;/q2*-1;. The molecule has 1 radical (unpaired) electrons. The van der Waals surface area contributed by atoms with E-state index in [0.717, 1.165) is 22.9 Å². The minimum Gasteiger partial charge on any atom is -0.305 e. The van der Waals surface area contributed by atoms with Crippen LogP contribution in [0.5, 0.6) is 0 Å². The third-order valence-corrected chi connectivity index (χ3v) is 5.24. The molecule has 7 heteroatoms. The summed E-state index contributed by atoms with van der Waals surface area (Å²) in [5.41, 5.74) is 3.32. The fourth-order valence-corrected chi connectivity index (χ4v) is 3.47. The van der Waals surface area contributed by atoms with Crippen LogP contribution in [0.15, 0.2) is 109 Å². The molecule has 0 saturated heterocycles. The number of hydrogen-bond acceptors (Lipinski definition) is 2. The van der Waals surface area contributed by atoms with Crippen molar-refractivity contribution in [3.63, 3.8) is 0 Å². The Morgan fingerprint density at radius 2 is 1.49 bits per heavy atom. The molecule has 0 unspecified atom stereocenters. The Morgan fingerprint density at radius 1 is 0.730 bits per heavy atom. The Hall–Kier alpha value is -3.67. The molecule has 0 fully saturated rings. The molecule has 0 amide bonds. The molecule has 0 aliphatic rings. The van der Waals surface area contributed by atoms with Crippen molar-refractivity contribution >= 4 is 0 Å². The third kappa shape index (κ3) is 7.42. The number of nitrogens with zero attached hydrogens (tertiary/aromatic N) is 2. The van der Waals surface area contributed by atoms with Gasteiger partial charge in [0, 0.05) is 32.5 Å². The molecule has 0 aliphatic carbocycles. The second-order valence-electron chi connectivity index (χ2n) is 7.72. The molecule has 37 heavy (non-hydrogen) atoms. The minimum atomic E-state index is -4.56. The van der Waals surface area contributed by atoms with Crippen LogP contribution in [0.1, 0.15) is 11.1 Å². The van der Waals surface area contributed by atoms with Crippen LogP contribution in [0.4, 0.5) is 17.6 Å². The number of halogens is 4. The topological polar surface area (TPSA) is 25.8 Å². The van der Waals surface area contributed by atoms with Crippen molar-refractivity contribution in [3.05, 3.63) is 133 Å². The molecule has 5 aromatic rings. The molecule has 0 aliphatic heterocycles. The maximum absolute atomic E-state index is 12.9. The Kier molecular flexibility index (Phi) is 9.84. The first-order valence-electron chi connectivity index (χ1n) is 11.0. The van der Waals surface area contributed by atoms with Gasteiger partial charge >= 0.3 is 6.18 Å². The van der Waals surface area contributed by atoms with Gasteiger partial charge in [0.05, 0.1) is 6.67 Å². The smallest absolute Gasteiger partial charge is 0.305 e. The molecule has 0 spiro atoms. The van der Waals surface area contributed by atoms with Crippen LogP contribution in [0.3, 0.4) is 0 Å². The van der Waals surface area contributed by atoms with E-state index >= 15 is 0 Å². The predicted molar refractivity (Wildman–Crippen MR) is 132 cm³/mol. The Balaban J connectivity index is 0.000000200. The van der Waals surface area contributed by atoms with E-state index in [1.54, 1.807) is 12.1 Å². The average Bonchev–Trinajstić information content (AvgIpc) is 2.94. The van der Waals surface area contributed by atoms with E-state index in [1.807, 2.05) is 54.7 Å². The molecule has 0 saturated carbocycles. The monoisotopic (exact) mass is 677 g/mol. The van der Waals surface area contributed by atoms with Crippen molar-refractivity contribution in [1.82, 2.24) is 9.97 Å². The third-order valence-electron chi connectivity index (χ3n) is 5.24. The molecule has 0 N–H and O–H groups in total. The van der Waals surface area contributed by atoms with Gasteiger partial charge in [0.2, 0.25) is 0 Å². The Labute approximate surface area is 226 Å². The largest absolute Gasteiger partial charge is 0.381 e. The van der Waals surface area contributed by atoms with Gasteiger partial charge in [0.1, 0.15) is 0 Å². The zero-order chi connectivity index (χ0) is 25.4. The van der Waals surface area contributed by atoms with Crippen molar-refractivity contribution in [2.45, 2.75) is 12.9 Å². The number of alkyl halides is 4. The van der Waals surface area contributed by atoms with Crippen LogP contribution < -0.4 is 0 Å². The van der Waals surface area contributed by atoms with Crippen LogP contribution in [-0.2, 0) is 33.0 Å². The average molecular weight is 677 g/mol. The van der Waals surface area contributed by atoms with Crippen molar-refractivity contribution in [2.75, 3.05) is 0 Å². The van der Waals surface area contributed by atoms with Crippen molar-refractivity contribution in [2.24, 2.45) is 0 Å². The molecular weight excluding hydrogens is 657 g/mol. The summed E-state index contributed by atoms with van der Waals surface area (Å²) >= 11 is 0. The fourth-order valence-electron chi connectivity index (χ4n) is 3.47. The van der Waals surface area contributed by atoms with Gasteiger partial charge in [-0.25, -0.2) is 0 Å². The van der Waals surface area contributed by atoms with Gasteiger partial charge in [-0.2, -0.15) is 13.2 Å². The quantitative estimate of drug-likeness (QED) is 0.142. The van der Waals surface area contributed by atoms with Crippen molar-refractivity contribution in [1.29, 1.82) is 0 Å². The first-order chi connectivity index (χ1) is 17.5. The van der Waals surface area contributed by atoms with Crippen LogP contribution >= 0.6 is 0 Å². The first-order valence-corrected chi connectivity index (χ1v) is 11.0. The molecule has 189 valence electrons. The molecule has 2 heterocycles. The van der Waals surface area contributed by atoms with Gasteiger partial charge in [-0.05, 0) is 34.1 Å². The Bertz CT molecular complexity index is 1320. The van der Waals surface area contributed by atoms with E-state index in [-0.39, 0.29) is 36.9 Å².